The van der Waals surface area contributed by atoms with Crippen molar-refractivity contribution in [1.29, 1.82) is 0 Å². The molecule has 4 atom stereocenters. The van der Waals surface area contributed by atoms with Gasteiger partial charge in [0.1, 0.15) is 30.8 Å². The SMILES string of the molecule is CCCC(NC(=O)[C@H](Cc1cccc2ccccc12)NC(=O)C(C=C1CCCCC1)NC(=O)OC(C)(C)C)C(O)C(=O)NCC(=O)OCc1ccccc1. The fraction of sp³-hybridized carbons (Fsp3) is 0.452. The molecule has 4 rings (SSSR count). The van der Waals surface area contributed by atoms with Crippen molar-refractivity contribution in [3.05, 3.63) is 95.6 Å². The third-order valence-electron chi connectivity index (χ3n) is 9.02. The number of esters is 1. The van der Waals surface area contributed by atoms with Gasteiger partial charge in [-0.1, -0.05) is 104 Å². The summed E-state index contributed by atoms with van der Waals surface area (Å²) in [6.45, 7) is 6.57. The number of ether oxygens (including phenoxy) is 2. The number of aliphatic hydroxyl groups is 1. The summed E-state index contributed by atoms with van der Waals surface area (Å²) < 4.78 is 10.7. The minimum Gasteiger partial charge on any atom is -0.460 e. The molecule has 290 valence electrons. The Morgan fingerprint density at radius 3 is 2.20 bits per heavy atom. The largest absolute Gasteiger partial charge is 0.460 e. The van der Waals surface area contributed by atoms with E-state index in [9.17, 15) is 29.1 Å². The Bertz CT molecular complexity index is 1760. The highest BCUT2D eigenvalue weighted by Gasteiger charge is 2.33. The van der Waals surface area contributed by atoms with Crippen LogP contribution in [0.2, 0.25) is 0 Å². The van der Waals surface area contributed by atoms with Crippen molar-refractivity contribution in [1.82, 2.24) is 21.3 Å². The summed E-state index contributed by atoms with van der Waals surface area (Å²) in [5.74, 6) is -2.80. The van der Waals surface area contributed by atoms with Crippen LogP contribution in [0, 0.1) is 0 Å². The first kappa shape index (κ1) is 41.5. The number of nitrogens with one attached hydrogen (secondary N) is 4. The van der Waals surface area contributed by atoms with E-state index >= 15 is 0 Å². The molecule has 0 spiro atoms. The monoisotopic (exact) mass is 742 g/mol. The predicted molar refractivity (Wildman–Crippen MR) is 206 cm³/mol. The Hall–Kier alpha value is -5.23. The summed E-state index contributed by atoms with van der Waals surface area (Å²) in [4.78, 5) is 66.5. The lowest BCUT2D eigenvalue weighted by molar-refractivity contribution is -0.146. The molecule has 12 heteroatoms. The van der Waals surface area contributed by atoms with E-state index in [2.05, 4.69) is 21.3 Å². The highest BCUT2D eigenvalue weighted by atomic mass is 16.6. The molecule has 5 N–H and O–H groups in total. The van der Waals surface area contributed by atoms with Crippen molar-refractivity contribution < 1.29 is 38.6 Å². The van der Waals surface area contributed by atoms with Crippen LogP contribution in [0.25, 0.3) is 10.8 Å². The third kappa shape index (κ3) is 13.3. The molecule has 0 aromatic heterocycles. The molecule has 3 unspecified atom stereocenters. The number of carbonyl (C=O) groups excluding carboxylic acids is 5. The second-order valence-electron chi connectivity index (χ2n) is 14.6. The number of rotatable bonds is 16. The van der Waals surface area contributed by atoms with Gasteiger partial charge in [0.15, 0.2) is 6.10 Å². The molecule has 4 amide bonds. The molecule has 0 saturated heterocycles. The van der Waals surface area contributed by atoms with Gasteiger partial charge in [-0.05, 0) is 74.8 Å². The lowest BCUT2D eigenvalue weighted by Crippen LogP contribution is -2.58. The van der Waals surface area contributed by atoms with E-state index in [1.807, 2.05) is 67.6 Å². The zero-order valence-corrected chi connectivity index (χ0v) is 31.7. The number of alkyl carbamates (subject to hydrolysis) is 1. The highest BCUT2D eigenvalue weighted by Crippen LogP contribution is 2.24. The predicted octanol–water partition coefficient (Wildman–Crippen LogP) is 5.16. The van der Waals surface area contributed by atoms with Gasteiger partial charge in [-0.25, -0.2) is 4.79 Å². The lowest BCUT2D eigenvalue weighted by atomic mass is 9.93. The number of allylic oxidation sites excluding steroid dienone is 1. The van der Waals surface area contributed by atoms with Crippen molar-refractivity contribution in [2.45, 2.75) is 115 Å². The summed E-state index contributed by atoms with van der Waals surface area (Å²) in [7, 11) is 0. The second kappa shape index (κ2) is 20.3. The number of benzene rings is 3. The smallest absolute Gasteiger partial charge is 0.408 e. The number of aliphatic hydroxyl groups excluding tert-OH is 1. The van der Waals surface area contributed by atoms with Crippen molar-refractivity contribution in [3.8, 4) is 0 Å². The quantitative estimate of drug-likeness (QED) is 0.0990. The van der Waals surface area contributed by atoms with E-state index < -0.39 is 66.2 Å². The van der Waals surface area contributed by atoms with Crippen LogP contribution in [0.4, 0.5) is 4.79 Å². The van der Waals surface area contributed by atoms with Crippen LogP contribution in [0.15, 0.2) is 84.4 Å². The van der Waals surface area contributed by atoms with Gasteiger partial charge >= 0.3 is 12.1 Å². The van der Waals surface area contributed by atoms with Crippen LogP contribution < -0.4 is 21.3 Å². The van der Waals surface area contributed by atoms with Gasteiger partial charge in [0, 0.05) is 6.42 Å². The van der Waals surface area contributed by atoms with Gasteiger partial charge in [0.25, 0.3) is 5.91 Å². The van der Waals surface area contributed by atoms with E-state index in [-0.39, 0.29) is 19.4 Å². The summed E-state index contributed by atoms with van der Waals surface area (Å²) in [6, 6.07) is 19.1. The molecule has 0 radical (unpaired) electrons. The number of hydrogen-bond acceptors (Lipinski definition) is 8. The Morgan fingerprint density at radius 1 is 0.815 bits per heavy atom. The molecular formula is C42H54N4O8. The first-order valence-corrected chi connectivity index (χ1v) is 18.7. The average Bonchev–Trinajstić information content (AvgIpc) is 3.15. The van der Waals surface area contributed by atoms with Gasteiger partial charge in [-0.2, -0.15) is 0 Å². The average molecular weight is 743 g/mol. The second-order valence-corrected chi connectivity index (χ2v) is 14.6. The van der Waals surface area contributed by atoms with Crippen LogP contribution in [-0.2, 0) is 41.7 Å². The van der Waals surface area contributed by atoms with Crippen molar-refractivity contribution in [2.75, 3.05) is 6.54 Å². The van der Waals surface area contributed by atoms with Gasteiger partial charge in [0.05, 0.1) is 6.04 Å². The Labute approximate surface area is 317 Å². The maximum absolute atomic E-state index is 14.2. The molecule has 3 aromatic rings. The van der Waals surface area contributed by atoms with Gasteiger partial charge in [-0.3, -0.25) is 19.2 Å². The minimum absolute atomic E-state index is 0.0294. The minimum atomic E-state index is -1.71. The number of fused-ring (bicyclic) bond motifs is 1. The molecule has 0 aliphatic heterocycles. The standard InChI is InChI=1S/C42H54N4O8/c1-5-15-33(37(48)40(51)43-26-36(47)53-27-29-18-10-7-11-19-29)44-39(50)35(25-31-22-14-21-30-20-12-13-23-32(30)31)45-38(49)34(24-28-16-8-6-9-17-28)46-41(52)54-42(2,3)4/h7,10-14,18-24,33-35,37,48H,5-6,8-9,15-17,25-27H2,1-4H3,(H,43,51)(H,44,50)(H,45,49)(H,46,52)/t33?,34?,35-,37?/m0/s1. The molecule has 3 aromatic carbocycles. The number of hydrogen-bond donors (Lipinski definition) is 5. The van der Waals surface area contributed by atoms with Crippen LogP contribution >= 0.6 is 0 Å². The first-order chi connectivity index (χ1) is 25.8. The molecule has 1 saturated carbocycles. The molecule has 1 fully saturated rings. The van der Waals surface area contributed by atoms with Gasteiger partial charge in [-0.15, -0.1) is 0 Å². The number of amides is 4. The fourth-order valence-corrected chi connectivity index (χ4v) is 6.33. The van der Waals surface area contributed by atoms with Crippen LogP contribution in [0.5, 0.6) is 0 Å². The van der Waals surface area contributed by atoms with Gasteiger partial charge < -0.3 is 35.8 Å². The van der Waals surface area contributed by atoms with Crippen molar-refractivity contribution >= 4 is 40.6 Å². The Kier molecular flexibility index (Phi) is 15.6. The van der Waals surface area contributed by atoms with E-state index in [1.54, 1.807) is 39.0 Å². The summed E-state index contributed by atoms with van der Waals surface area (Å²) in [5.41, 5.74) is 1.80. The molecule has 0 bridgehead atoms. The topological polar surface area (TPSA) is 172 Å². The van der Waals surface area contributed by atoms with E-state index in [0.717, 1.165) is 59.6 Å². The Balaban J connectivity index is 1.53. The zero-order valence-electron chi connectivity index (χ0n) is 31.7. The Morgan fingerprint density at radius 2 is 1.50 bits per heavy atom. The summed E-state index contributed by atoms with van der Waals surface area (Å²) >= 11 is 0. The summed E-state index contributed by atoms with van der Waals surface area (Å²) in [5, 5.41) is 23.7. The molecule has 0 heterocycles. The van der Waals surface area contributed by atoms with Crippen molar-refractivity contribution in [2.24, 2.45) is 0 Å². The van der Waals surface area contributed by atoms with Crippen LogP contribution in [0.3, 0.4) is 0 Å². The first-order valence-electron chi connectivity index (χ1n) is 18.7. The van der Waals surface area contributed by atoms with Crippen LogP contribution in [0.1, 0.15) is 83.8 Å². The maximum atomic E-state index is 14.2. The summed E-state index contributed by atoms with van der Waals surface area (Å²) in [6.07, 6.45) is 4.69. The molecule has 1 aliphatic rings. The van der Waals surface area contributed by atoms with Crippen molar-refractivity contribution in [3.63, 3.8) is 0 Å². The zero-order chi connectivity index (χ0) is 39.1. The lowest BCUT2D eigenvalue weighted by Gasteiger charge is -2.28. The molecular weight excluding hydrogens is 688 g/mol. The highest BCUT2D eigenvalue weighted by molar-refractivity contribution is 5.94. The molecule has 54 heavy (non-hydrogen) atoms. The molecule has 12 nitrogen and oxygen atoms in total. The fourth-order valence-electron chi connectivity index (χ4n) is 6.33. The van der Waals surface area contributed by atoms with E-state index in [4.69, 9.17) is 9.47 Å². The number of carbonyl (C=O) groups is 5. The maximum Gasteiger partial charge on any atom is 0.408 e. The van der Waals surface area contributed by atoms with E-state index in [0.29, 0.717) is 6.42 Å². The van der Waals surface area contributed by atoms with Crippen LogP contribution in [-0.4, -0.2) is 71.3 Å². The normalized spacial score (nSPS) is 15.2. The van der Waals surface area contributed by atoms with Gasteiger partial charge in [0.2, 0.25) is 11.8 Å². The molecule has 1 aliphatic carbocycles. The van der Waals surface area contributed by atoms with E-state index in [1.165, 1.54) is 0 Å². The third-order valence-corrected chi connectivity index (χ3v) is 9.02.